The molecule has 94 valence electrons. The van der Waals surface area contributed by atoms with Crippen LogP contribution in [0, 0.1) is 5.82 Å². The predicted octanol–water partition coefficient (Wildman–Crippen LogP) is 2.41. The molecule has 2 N–H and O–H groups in total. The number of carbonyl (C=O) groups is 1. The summed E-state index contributed by atoms with van der Waals surface area (Å²) in [5.41, 5.74) is 6.82. The highest BCUT2D eigenvalue weighted by Crippen LogP contribution is 2.18. The van der Waals surface area contributed by atoms with Gasteiger partial charge >= 0.3 is 5.97 Å². The van der Waals surface area contributed by atoms with Crippen molar-refractivity contribution in [3.8, 4) is 0 Å². The molecule has 5 heteroatoms. The van der Waals surface area contributed by atoms with Crippen molar-refractivity contribution in [1.29, 1.82) is 0 Å². The van der Waals surface area contributed by atoms with Gasteiger partial charge < -0.3 is 10.5 Å². The van der Waals surface area contributed by atoms with Gasteiger partial charge in [-0.2, -0.15) is 0 Å². The second-order valence-electron chi connectivity index (χ2n) is 3.83. The monoisotopic (exact) mass is 303 g/mol. The molecule has 1 atom stereocenters. The molecule has 1 unspecified atom stereocenters. The zero-order valence-corrected chi connectivity index (χ0v) is 11.2. The van der Waals surface area contributed by atoms with Gasteiger partial charge in [-0.15, -0.1) is 0 Å². The number of nitrogens with two attached hydrogens (primary N) is 1. The number of benzene rings is 1. The number of rotatable bonds is 5. The normalized spacial score (nSPS) is 12.2. The minimum atomic E-state index is -0.295. The standard InChI is InChI=1S/C12H15BrFNO2/c1-17-12(16)5-3-9(15)6-8-2-4-11(14)10(13)7-8/h2,4,7,9H,3,5-6,15H2,1H3. The van der Waals surface area contributed by atoms with Crippen molar-refractivity contribution in [2.75, 3.05) is 7.11 Å². The van der Waals surface area contributed by atoms with Gasteiger partial charge in [0.25, 0.3) is 0 Å². The Hall–Kier alpha value is -0.940. The highest BCUT2D eigenvalue weighted by molar-refractivity contribution is 9.10. The van der Waals surface area contributed by atoms with E-state index in [0.717, 1.165) is 5.56 Å². The molecule has 0 saturated carbocycles. The SMILES string of the molecule is COC(=O)CCC(N)Cc1ccc(F)c(Br)c1. The van der Waals surface area contributed by atoms with Gasteiger partial charge in [0.05, 0.1) is 11.6 Å². The summed E-state index contributed by atoms with van der Waals surface area (Å²) in [5, 5.41) is 0. The number of carbonyl (C=O) groups excluding carboxylic acids is 1. The third-order valence-corrected chi connectivity index (χ3v) is 3.04. The summed E-state index contributed by atoms with van der Waals surface area (Å²) in [7, 11) is 1.35. The molecular weight excluding hydrogens is 289 g/mol. The van der Waals surface area contributed by atoms with Gasteiger partial charge in [0, 0.05) is 12.5 Å². The fourth-order valence-electron chi connectivity index (χ4n) is 1.48. The van der Waals surface area contributed by atoms with Gasteiger partial charge in [0.1, 0.15) is 5.82 Å². The first-order valence-electron chi connectivity index (χ1n) is 5.29. The quantitative estimate of drug-likeness (QED) is 0.850. The van der Waals surface area contributed by atoms with Crippen molar-refractivity contribution in [2.24, 2.45) is 5.73 Å². The zero-order valence-electron chi connectivity index (χ0n) is 9.58. The number of hydrogen-bond donors (Lipinski definition) is 1. The van der Waals surface area contributed by atoms with E-state index in [9.17, 15) is 9.18 Å². The molecule has 0 saturated heterocycles. The first kappa shape index (κ1) is 14.1. The Morgan fingerprint density at radius 2 is 2.29 bits per heavy atom. The molecule has 3 nitrogen and oxygen atoms in total. The molecule has 0 aliphatic carbocycles. The van der Waals surface area contributed by atoms with E-state index in [4.69, 9.17) is 5.73 Å². The number of methoxy groups -OCH3 is 1. The molecule has 1 aromatic carbocycles. The van der Waals surface area contributed by atoms with Crippen LogP contribution in [0.4, 0.5) is 4.39 Å². The van der Waals surface area contributed by atoms with Gasteiger partial charge in [-0.05, 0) is 46.5 Å². The molecule has 0 aliphatic rings. The minimum absolute atomic E-state index is 0.133. The van der Waals surface area contributed by atoms with E-state index in [-0.39, 0.29) is 17.8 Å². The maximum Gasteiger partial charge on any atom is 0.305 e. The van der Waals surface area contributed by atoms with E-state index in [1.807, 2.05) is 0 Å². The van der Waals surface area contributed by atoms with Gasteiger partial charge in [-0.25, -0.2) is 4.39 Å². The summed E-state index contributed by atoms with van der Waals surface area (Å²) in [6.07, 6.45) is 1.47. The smallest absolute Gasteiger partial charge is 0.305 e. The number of hydrogen-bond acceptors (Lipinski definition) is 3. The first-order valence-corrected chi connectivity index (χ1v) is 6.08. The van der Waals surface area contributed by atoms with E-state index >= 15 is 0 Å². The van der Waals surface area contributed by atoms with E-state index in [1.165, 1.54) is 13.2 Å². The van der Waals surface area contributed by atoms with Crippen molar-refractivity contribution in [3.63, 3.8) is 0 Å². The molecule has 0 aromatic heterocycles. The van der Waals surface area contributed by atoms with E-state index in [0.29, 0.717) is 23.7 Å². The maximum absolute atomic E-state index is 13.0. The van der Waals surface area contributed by atoms with Crippen molar-refractivity contribution < 1.29 is 13.9 Å². The van der Waals surface area contributed by atoms with Crippen LogP contribution >= 0.6 is 15.9 Å². The van der Waals surface area contributed by atoms with E-state index < -0.39 is 0 Å². The molecule has 0 spiro atoms. The Morgan fingerprint density at radius 1 is 1.59 bits per heavy atom. The van der Waals surface area contributed by atoms with Crippen LogP contribution < -0.4 is 5.73 Å². The van der Waals surface area contributed by atoms with Crippen LogP contribution in [-0.2, 0) is 16.0 Å². The Kier molecular flexibility index (Phi) is 5.58. The van der Waals surface area contributed by atoms with Crippen LogP contribution in [0.2, 0.25) is 0 Å². The van der Waals surface area contributed by atoms with Crippen LogP contribution in [0.5, 0.6) is 0 Å². The van der Waals surface area contributed by atoms with Gasteiger partial charge in [0.2, 0.25) is 0 Å². The third kappa shape index (κ3) is 4.83. The van der Waals surface area contributed by atoms with Crippen molar-refractivity contribution in [3.05, 3.63) is 34.1 Å². The minimum Gasteiger partial charge on any atom is -0.469 e. The molecular formula is C12H15BrFNO2. The zero-order chi connectivity index (χ0) is 12.8. The topological polar surface area (TPSA) is 52.3 Å². The van der Waals surface area contributed by atoms with Crippen molar-refractivity contribution >= 4 is 21.9 Å². The van der Waals surface area contributed by atoms with Crippen LogP contribution in [0.3, 0.4) is 0 Å². The number of ether oxygens (including phenoxy) is 1. The lowest BCUT2D eigenvalue weighted by Crippen LogP contribution is -2.24. The van der Waals surface area contributed by atoms with Crippen LogP contribution in [0.1, 0.15) is 18.4 Å². The lowest BCUT2D eigenvalue weighted by Gasteiger charge is -2.11. The van der Waals surface area contributed by atoms with Crippen molar-refractivity contribution in [1.82, 2.24) is 0 Å². The second kappa shape index (κ2) is 6.71. The fourth-order valence-corrected chi connectivity index (χ4v) is 1.90. The number of esters is 1. The predicted molar refractivity (Wildman–Crippen MR) is 67.0 cm³/mol. The van der Waals surface area contributed by atoms with Crippen LogP contribution in [0.15, 0.2) is 22.7 Å². The molecule has 0 bridgehead atoms. The van der Waals surface area contributed by atoms with Gasteiger partial charge in [-0.1, -0.05) is 6.07 Å². The van der Waals surface area contributed by atoms with Crippen molar-refractivity contribution in [2.45, 2.75) is 25.3 Å². The second-order valence-corrected chi connectivity index (χ2v) is 4.68. The molecule has 0 amide bonds. The fraction of sp³-hybridized carbons (Fsp3) is 0.417. The molecule has 1 rings (SSSR count). The average molecular weight is 304 g/mol. The molecule has 0 aliphatic heterocycles. The Balaban J connectivity index is 2.47. The lowest BCUT2D eigenvalue weighted by atomic mass is 10.0. The van der Waals surface area contributed by atoms with Gasteiger partial charge in [-0.3, -0.25) is 4.79 Å². The largest absolute Gasteiger partial charge is 0.469 e. The Bertz CT molecular complexity index is 398. The van der Waals surface area contributed by atoms with E-state index in [1.54, 1.807) is 12.1 Å². The average Bonchev–Trinajstić information content (AvgIpc) is 2.31. The first-order chi connectivity index (χ1) is 8.02. The molecule has 0 heterocycles. The van der Waals surface area contributed by atoms with Crippen LogP contribution in [0.25, 0.3) is 0 Å². The summed E-state index contributed by atoms with van der Waals surface area (Å²) >= 11 is 3.12. The van der Waals surface area contributed by atoms with Gasteiger partial charge in [0.15, 0.2) is 0 Å². The highest BCUT2D eigenvalue weighted by atomic mass is 79.9. The third-order valence-electron chi connectivity index (χ3n) is 2.43. The summed E-state index contributed by atoms with van der Waals surface area (Å²) in [6, 6.07) is 4.66. The Morgan fingerprint density at radius 3 is 2.88 bits per heavy atom. The van der Waals surface area contributed by atoms with E-state index in [2.05, 4.69) is 20.7 Å². The maximum atomic E-state index is 13.0. The summed E-state index contributed by atoms with van der Waals surface area (Å²) in [4.78, 5) is 10.9. The summed E-state index contributed by atoms with van der Waals surface area (Å²) < 4.78 is 18.0. The molecule has 0 fully saturated rings. The van der Waals surface area contributed by atoms with Crippen LogP contribution in [-0.4, -0.2) is 19.1 Å². The molecule has 17 heavy (non-hydrogen) atoms. The summed E-state index contributed by atoms with van der Waals surface area (Å²) in [5.74, 6) is -0.558. The number of halogens is 2. The molecule has 1 aromatic rings. The Labute approximate surface area is 108 Å². The highest BCUT2D eigenvalue weighted by Gasteiger charge is 2.09. The summed E-state index contributed by atoms with van der Waals surface area (Å²) in [6.45, 7) is 0. The lowest BCUT2D eigenvalue weighted by molar-refractivity contribution is -0.140. The molecule has 0 radical (unpaired) electrons.